The topological polar surface area (TPSA) is 27.1 Å². The molecule has 144 valence electrons. The molecule has 0 N–H and O–H groups in total. The summed E-state index contributed by atoms with van der Waals surface area (Å²) in [5.41, 5.74) is 3.85. The first-order valence-electron chi connectivity index (χ1n) is 9.85. The average Bonchev–Trinajstić information content (AvgIpc) is 2.91. The Kier molecular flexibility index (Phi) is 5.74. The number of aromatic nitrogens is 2. The number of rotatable bonds is 4. The van der Waals surface area contributed by atoms with Gasteiger partial charge in [-0.15, -0.1) is 0 Å². The quantitative estimate of drug-likeness (QED) is 0.677. The van der Waals surface area contributed by atoms with Crippen molar-refractivity contribution in [1.82, 2.24) is 9.55 Å². The second kappa shape index (κ2) is 7.55. The number of hydrogen-bond donors (Lipinski definition) is 0. The monoisotopic (exact) mass is 374 g/mol. The number of imidazole rings is 1. The highest BCUT2D eigenvalue weighted by molar-refractivity contribution is 7.99. The van der Waals surface area contributed by atoms with Gasteiger partial charge in [0.1, 0.15) is 5.82 Å². The summed E-state index contributed by atoms with van der Waals surface area (Å²) in [5.74, 6) is 2.94. The molecule has 0 atom stereocenters. The summed E-state index contributed by atoms with van der Waals surface area (Å²) in [5, 5.41) is 0. The Balaban J connectivity index is 1.93. The molecule has 0 amide bonds. The molecule has 1 aliphatic heterocycles. The standard InChI is InChI=1S/C22H34N2OS/c1-21(2,3)20-23-18-13-17(15-26-22(4,5)6)7-8-19(18)24(20)14-16-9-11-25-12-10-16/h7-8,13,16H,9-12,14-15H2,1-6H3. The van der Waals surface area contributed by atoms with Crippen molar-refractivity contribution in [3.8, 4) is 0 Å². The Morgan fingerprint density at radius 2 is 1.81 bits per heavy atom. The molecule has 1 aromatic carbocycles. The van der Waals surface area contributed by atoms with Crippen molar-refractivity contribution in [1.29, 1.82) is 0 Å². The zero-order chi connectivity index (χ0) is 18.9. The minimum absolute atomic E-state index is 0.0461. The van der Waals surface area contributed by atoms with E-state index in [1.165, 1.54) is 16.9 Å². The first kappa shape index (κ1) is 19.8. The molecule has 1 aliphatic rings. The van der Waals surface area contributed by atoms with Gasteiger partial charge in [0.15, 0.2) is 0 Å². The Hall–Kier alpha value is -1.00. The highest BCUT2D eigenvalue weighted by atomic mass is 32.2. The van der Waals surface area contributed by atoms with E-state index in [-0.39, 0.29) is 10.2 Å². The van der Waals surface area contributed by atoms with Crippen LogP contribution in [-0.4, -0.2) is 27.5 Å². The maximum absolute atomic E-state index is 5.55. The molecule has 2 aromatic rings. The molecule has 0 spiro atoms. The molecular formula is C22H34N2OS. The Labute approximate surface area is 162 Å². The lowest BCUT2D eigenvalue weighted by Gasteiger charge is -2.26. The largest absolute Gasteiger partial charge is 0.381 e. The molecular weight excluding hydrogens is 340 g/mol. The molecule has 3 rings (SSSR count). The van der Waals surface area contributed by atoms with Gasteiger partial charge in [-0.2, -0.15) is 11.8 Å². The molecule has 4 heteroatoms. The van der Waals surface area contributed by atoms with E-state index in [0.29, 0.717) is 5.92 Å². The van der Waals surface area contributed by atoms with Gasteiger partial charge in [0.25, 0.3) is 0 Å². The number of ether oxygens (including phenoxy) is 1. The van der Waals surface area contributed by atoms with Crippen LogP contribution in [0.3, 0.4) is 0 Å². The molecule has 3 nitrogen and oxygen atoms in total. The maximum atomic E-state index is 5.55. The fraction of sp³-hybridized carbons (Fsp3) is 0.682. The van der Waals surface area contributed by atoms with E-state index in [9.17, 15) is 0 Å². The van der Waals surface area contributed by atoms with Gasteiger partial charge in [-0.25, -0.2) is 4.98 Å². The van der Waals surface area contributed by atoms with Crippen molar-refractivity contribution in [2.45, 2.75) is 76.8 Å². The zero-order valence-electron chi connectivity index (χ0n) is 17.3. The number of fused-ring (bicyclic) bond motifs is 1. The van der Waals surface area contributed by atoms with Crippen molar-refractivity contribution in [2.75, 3.05) is 13.2 Å². The van der Waals surface area contributed by atoms with Crippen LogP contribution in [0.1, 0.15) is 65.8 Å². The predicted molar refractivity (Wildman–Crippen MR) is 113 cm³/mol. The summed E-state index contributed by atoms with van der Waals surface area (Å²) < 4.78 is 8.31. The van der Waals surface area contributed by atoms with Crippen LogP contribution in [0.4, 0.5) is 0 Å². The van der Waals surface area contributed by atoms with E-state index in [1.807, 2.05) is 11.8 Å². The summed E-state index contributed by atoms with van der Waals surface area (Å²) in [6, 6.07) is 6.87. The smallest absolute Gasteiger partial charge is 0.115 e. The Bertz CT molecular complexity index is 746. The normalized spacial score (nSPS) is 17.2. The van der Waals surface area contributed by atoms with Gasteiger partial charge in [0, 0.05) is 35.7 Å². The molecule has 2 heterocycles. The summed E-state index contributed by atoms with van der Waals surface area (Å²) >= 11 is 1.99. The van der Waals surface area contributed by atoms with Crippen molar-refractivity contribution in [3.05, 3.63) is 29.6 Å². The molecule has 0 saturated carbocycles. The van der Waals surface area contributed by atoms with E-state index in [4.69, 9.17) is 9.72 Å². The molecule has 1 saturated heterocycles. The third-order valence-corrected chi connectivity index (χ3v) is 6.28. The van der Waals surface area contributed by atoms with Crippen LogP contribution in [0.25, 0.3) is 11.0 Å². The first-order valence-corrected chi connectivity index (χ1v) is 10.8. The van der Waals surface area contributed by atoms with Crippen molar-refractivity contribution in [2.24, 2.45) is 5.92 Å². The second-order valence-corrected chi connectivity index (χ2v) is 11.4. The van der Waals surface area contributed by atoms with Gasteiger partial charge < -0.3 is 9.30 Å². The highest BCUT2D eigenvalue weighted by Gasteiger charge is 2.25. The van der Waals surface area contributed by atoms with Gasteiger partial charge in [0.2, 0.25) is 0 Å². The molecule has 1 aromatic heterocycles. The zero-order valence-corrected chi connectivity index (χ0v) is 18.1. The van der Waals surface area contributed by atoms with Gasteiger partial charge in [0.05, 0.1) is 11.0 Å². The van der Waals surface area contributed by atoms with Crippen LogP contribution in [0, 0.1) is 5.92 Å². The summed E-state index contributed by atoms with van der Waals surface area (Å²) in [6.45, 7) is 16.5. The van der Waals surface area contributed by atoms with Crippen molar-refractivity contribution < 1.29 is 4.74 Å². The average molecular weight is 375 g/mol. The van der Waals surface area contributed by atoms with E-state index < -0.39 is 0 Å². The predicted octanol–water partition coefficient (Wildman–Crippen LogP) is 5.79. The van der Waals surface area contributed by atoms with Crippen LogP contribution < -0.4 is 0 Å². The fourth-order valence-corrected chi connectivity index (χ4v) is 4.29. The van der Waals surface area contributed by atoms with Crippen molar-refractivity contribution >= 4 is 22.8 Å². The van der Waals surface area contributed by atoms with Gasteiger partial charge in [-0.3, -0.25) is 0 Å². The molecule has 26 heavy (non-hydrogen) atoms. The molecule has 0 unspecified atom stereocenters. The highest BCUT2D eigenvalue weighted by Crippen LogP contribution is 2.32. The number of thioether (sulfide) groups is 1. The number of nitrogens with zero attached hydrogens (tertiary/aromatic N) is 2. The molecule has 0 bridgehead atoms. The Morgan fingerprint density at radius 1 is 1.12 bits per heavy atom. The van der Waals surface area contributed by atoms with Crippen LogP contribution in [0.2, 0.25) is 0 Å². The van der Waals surface area contributed by atoms with Crippen molar-refractivity contribution in [3.63, 3.8) is 0 Å². The van der Waals surface area contributed by atoms with E-state index in [1.54, 1.807) is 0 Å². The lowest BCUT2D eigenvalue weighted by atomic mass is 9.94. The van der Waals surface area contributed by atoms with Crippen LogP contribution in [-0.2, 0) is 22.4 Å². The third-order valence-electron chi connectivity index (χ3n) is 4.94. The van der Waals surface area contributed by atoms with E-state index in [2.05, 4.69) is 64.3 Å². The maximum Gasteiger partial charge on any atom is 0.115 e. The van der Waals surface area contributed by atoms with E-state index in [0.717, 1.165) is 43.9 Å². The molecule has 0 radical (unpaired) electrons. The summed E-state index contributed by atoms with van der Waals surface area (Å²) in [7, 11) is 0. The Morgan fingerprint density at radius 3 is 2.42 bits per heavy atom. The summed E-state index contributed by atoms with van der Waals surface area (Å²) in [6.07, 6.45) is 2.31. The molecule has 1 fully saturated rings. The third kappa shape index (κ3) is 4.83. The molecule has 0 aliphatic carbocycles. The second-order valence-electron chi connectivity index (χ2n) is 9.58. The van der Waals surface area contributed by atoms with Crippen LogP contribution >= 0.6 is 11.8 Å². The number of benzene rings is 1. The lowest BCUT2D eigenvalue weighted by Crippen LogP contribution is -2.25. The fourth-order valence-electron chi connectivity index (χ4n) is 3.51. The SMILES string of the molecule is CC(C)(C)SCc1ccc2c(c1)nc(C(C)(C)C)n2CC1CCOCC1. The lowest BCUT2D eigenvalue weighted by molar-refractivity contribution is 0.0611. The minimum atomic E-state index is 0.0461. The summed E-state index contributed by atoms with van der Waals surface area (Å²) in [4.78, 5) is 5.08. The van der Waals surface area contributed by atoms with E-state index >= 15 is 0 Å². The van der Waals surface area contributed by atoms with Crippen LogP contribution in [0.15, 0.2) is 18.2 Å². The first-order chi connectivity index (χ1) is 12.1. The van der Waals surface area contributed by atoms with Crippen LogP contribution in [0.5, 0.6) is 0 Å². The minimum Gasteiger partial charge on any atom is -0.381 e. The number of hydrogen-bond acceptors (Lipinski definition) is 3. The van der Waals surface area contributed by atoms with Gasteiger partial charge >= 0.3 is 0 Å². The van der Waals surface area contributed by atoms with Gasteiger partial charge in [-0.1, -0.05) is 47.6 Å². The van der Waals surface area contributed by atoms with Gasteiger partial charge in [-0.05, 0) is 36.5 Å².